The monoisotopic (exact) mass is 740 g/mol. The molecular formula is C53H32N4O. The quantitative estimate of drug-likeness (QED) is 0.176. The van der Waals surface area contributed by atoms with Crippen LogP contribution in [-0.4, -0.2) is 19.5 Å². The van der Waals surface area contributed by atoms with Crippen molar-refractivity contribution in [2.24, 2.45) is 0 Å². The summed E-state index contributed by atoms with van der Waals surface area (Å²) >= 11 is 0. The average Bonchev–Trinajstić information content (AvgIpc) is 3.85. The minimum atomic E-state index is 0.585. The molecule has 5 heteroatoms. The van der Waals surface area contributed by atoms with Crippen molar-refractivity contribution in [2.45, 2.75) is 0 Å². The van der Waals surface area contributed by atoms with Crippen LogP contribution in [0.5, 0.6) is 0 Å². The summed E-state index contributed by atoms with van der Waals surface area (Å²) in [6.45, 7) is 0. The van der Waals surface area contributed by atoms with Crippen molar-refractivity contribution in [1.82, 2.24) is 19.5 Å². The number of furan rings is 1. The van der Waals surface area contributed by atoms with Gasteiger partial charge in [0.15, 0.2) is 23.1 Å². The molecule has 0 unspecified atom stereocenters. The predicted octanol–water partition coefficient (Wildman–Crippen LogP) is 13.8. The van der Waals surface area contributed by atoms with E-state index in [0.717, 1.165) is 71.9 Å². The van der Waals surface area contributed by atoms with E-state index in [-0.39, 0.29) is 0 Å². The number of nitrogens with zero attached hydrogens (tertiary/aromatic N) is 4. The van der Waals surface area contributed by atoms with E-state index in [1.165, 1.54) is 26.9 Å². The summed E-state index contributed by atoms with van der Waals surface area (Å²) in [6.07, 6.45) is 0. The largest absolute Gasteiger partial charge is 0.454 e. The van der Waals surface area contributed by atoms with Crippen molar-refractivity contribution < 1.29 is 4.42 Å². The molecule has 270 valence electrons. The molecule has 0 N–H and O–H groups in total. The van der Waals surface area contributed by atoms with E-state index in [1.807, 2.05) is 18.2 Å². The lowest BCUT2D eigenvalue weighted by atomic mass is 10.0. The van der Waals surface area contributed by atoms with Gasteiger partial charge in [0.2, 0.25) is 0 Å². The van der Waals surface area contributed by atoms with Crippen molar-refractivity contribution >= 4 is 65.3 Å². The van der Waals surface area contributed by atoms with Crippen molar-refractivity contribution in [3.63, 3.8) is 0 Å². The third-order valence-electron chi connectivity index (χ3n) is 11.4. The summed E-state index contributed by atoms with van der Waals surface area (Å²) in [7, 11) is 0. The van der Waals surface area contributed by atoms with Crippen LogP contribution >= 0.6 is 0 Å². The molecular weight excluding hydrogens is 709 g/mol. The van der Waals surface area contributed by atoms with Gasteiger partial charge in [-0.2, -0.15) is 0 Å². The van der Waals surface area contributed by atoms with Gasteiger partial charge >= 0.3 is 0 Å². The van der Waals surface area contributed by atoms with Crippen LogP contribution in [0.25, 0.3) is 116 Å². The molecule has 9 aromatic carbocycles. The molecule has 0 saturated heterocycles. The Kier molecular flexibility index (Phi) is 7.16. The van der Waals surface area contributed by atoms with E-state index >= 15 is 0 Å². The number of hydrogen-bond donors (Lipinski definition) is 0. The Hall–Kier alpha value is -7.89. The standard InChI is InChI=1S/C53H32N4O/c1-2-12-33(13-3-1)35-24-27-37(28-25-35)51-54-52(39-29-26-34-14-4-5-16-38(34)32-39)56-53(55-51)43-20-11-23-47-49(43)42-19-10-22-46(50(42)58-47)57-44-21-9-8-18-41(44)48-40-17-7-6-15-36(40)30-31-45(48)57/h1-32H. The van der Waals surface area contributed by atoms with Gasteiger partial charge in [0.25, 0.3) is 0 Å². The van der Waals surface area contributed by atoms with Gasteiger partial charge in [0.05, 0.1) is 16.7 Å². The summed E-state index contributed by atoms with van der Waals surface area (Å²) in [6, 6.07) is 67.9. The molecule has 12 rings (SSSR count). The molecule has 0 saturated carbocycles. The fourth-order valence-electron chi connectivity index (χ4n) is 8.72. The van der Waals surface area contributed by atoms with E-state index < -0.39 is 0 Å². The van der Waals surface area contributed by atoms with Gasteiger partial charge in [0.1, 0.15) is 5.58 Å². The molecule has 58 heavy (non-hydrogen) atoms. The van der Waals surface area contributed by atoms with E-state index in [4.69, 9.17) is 19.4 Å². The van der Waals surface area contributed by atoms with Gasteiger partial charge in [-0.1, -0.05) is 164 Å². The fourth-order valence-corrected chi connectivity index (χ4v) is 8.72. The van der Waals surface area contributed by atoms with Crippen LogP contribution in [0.2, 0.25) is 0 Å². The maximum Gasteiger partial charge on any atom is 0.164 e. The first-order valence-corrected chi connectivity index (χ1v) is 19.5. The van der Waals surface area contributed by atoms with E-state index in [0.29, 0.717) is 17.5 Å². The van der Waals surface area contributed by atoms with Crippen molar-refractivity contribution in [3.8, 4) is 51.0 Å². The first-order chi connectivity index (χ1) is 28.7. The Labute approximate surface area is 333 Å². The Morgan fingerprint density at radius 3 is 1.84 bits per heavy atom. The molecule has 0 spiro atoms. The Morgan fingerprint density at radius 1 is 0.362 bits per heavy atom. The van der Waals surface area contributed by atoms with Crippen LogP contribution in [0.3, 0.4) is 0 Å². The minimum Gasteiger partial charge on any atom is -0.454 e. The third kappa shape index (κ3) is 5.07. The zero-order valence-electron chi connectivity index (χ0n) is 31.2. The fraction of sp³-hybridized carbons (Fsp3) is 0. The first-order valence-electron chi connectivity index (χ1n) is 19.5. The zero-order valence-corrected chi connectivity index (χ0v) is 31.2. The lowest BCUT2D eigenvalue weighted by molar-refractivity contribution is 0.666. The van der Waals surface area contributed by atoms with Crippen molar-refractivity contribution in [2.75, 3.05) is 0 Å². The van der Waals surface area contributed by atoms with Crippen LogP contribution in [0.4, 0.5) is 0 Å². The second kappa shape index (κ2) is 12.8. The van der Waals surface area contributed by atoms with E-state index in [2.05, 4.69) is 180 Å². The summed E-state index contributed by atoms with van der Waals surface area (Å²) in [5.74, 6) is 1.80. The molecule has 12 aromatic rings. The number of rotatable bonds is 5. The second-order valence-electron chi connectivity index (χ2n) is 14.8. The molecule has 0 fully saturated rings. The van der Waals surface area contributed by atoms with Crippen LogP contribution in [0.1, 0.15) is 0 Å². The normalized spacial score (nSPS) is 11.8. The Bertz CT molecular complexity index is 3560. The van der Waals surface area contributed by atoms with Gasteiger partial charge in [-0.15, -0.1) is 0 Å². The lowest BCUT2D eigenvalue weighted by Crippen LogP contribution is -2.00. The number of benzene rings is 9. The highest BCUT2D eigenvalue weighted by Crippen LogP contribution is 2.42. The molecule has 0 amide bonds. The van der Waals surface area contributed by atoms with Crippen molar-refractivity contribution in [3.05, 3.63) is 194 Å². The summed E-state index contributed by atoms with van der Waals surface area (Å²) in [5, 5.41) is 9.15. The molecule has 0 aliphatic carbocycles. The summed E-state index contributed by atoms with van der Waals surface area (Å²) < 4.78 is 9.24. The smallest absolute Gasteiger partial charge is 0.164 e. The van der Waals surface area contributed by atoms with Crippen LogP contribution in [-0.2, 0) is 0 Å². The van der Waals surface area contributed by atoms with Gasteiger partial charge in [0, 0.05) is 38.2 Å². The van der Waals surface area contributed by atoms with Crippen molar-refractivity contribution in [1.29, 1.82) is 0 Å². The molecule has 3 heterocycles. The maximum atomic E-state index is 6.90. The molecule has 0 aliphatic rings. The highest BCUT2D eigenvalue weighted by Gasteiger charge is 2.22. The molecule has 0 bridgehead atoms. The molecule has 3 aromatic heterocycles. The zero-order chi connectivity index (χ0) is 38.2. The molecule has 0 radical (unpaired) electrons. The molecule has 0 atom stereocenters. The SMILES string of the molecule is c1ccc(-c2ccc(-c3nc(-c4ccc5ccccc5c4)nc(-c4cccc5oc6c(-n7c8ccccc8c8c9ccccc9ccc87)cccc6c45)n3)cc2)cc1. The summed E-state index contributed by atoms with van der Waals surface area (Å²) in [5.41, 5.74) is 9.83. The minimum absolute atomic E-state index is 0.585. The molecule has 0 aliphatic heterocycles. The van der Waals surface area contributed by atoms with Crippen LogP contribution in [0.15, 0.2) is 199 Å². The number of aromatic nitrogens is 4. The van der Waals surface area contributed by atoms with Gasteiger partial charge in [-0.3, -0.25) is 0 Å². The Balaban J connectivity index is 1.08. The van der Waals surface area contributed by atoms with Gasteiger partial charge in [-0.05, 0) is 63.0 Å². The highest BCUT2D eigenvalue weighted by molar-refractivity contribution is 6.22. The highest BCUT2D eigenvalue weighted by atomic mass is 16.3. The maximum absolute atomic E-state index is 6.90. The topological polar surface area (TPSA) is 56.7 Å². The predicted molar refractivity (Wildman–Crippen MR) is 238 cm³/mol. The van der Waals surface area contributed by atoms with Gasteiger partial charge in [-0.25, -0.2) is 15.0 Å². The number of fused-ring (bicyclic) bond motifs is 9. The van der Waals surface area contributed by atoms with E-state index in [9.17, 15) is 0 Å². The number of para-hydroxylation sites is 2. The summed E-state index contributed by atoms with van der Waals surface area (Å²) in [4.78, 5) is 15.6. The van der Waals surface area contributed by atoms with E-state index in [1.54, 1.807) is 0 Å². The van der Waals surface area contributed by atoms with Gasteiger partial charge < -0.3 is 8.98 Å². The molecule has 5 nitrogen and oxygen atoms in total. The third-order valence-corrected chi connectivity index (χ3v) is 11.4. The van der Waals surface area contributed by atoms with Crippen LogP contribution in [0, 0.1) is 0 Å². The lowest BCUT2D eigenvalue weighted by Gasteiger charge is -2.11. The number of hydrogen-bond acceptors (Lipinski definition) is 4. The van der Waals surface area contributed by atoms with Crippen LogP contribution < -0.4 is 0 Å². The Morgan fingerprint density at radius 2 is 0.983 bits per heavy atom. The second-order valence-corrected chi connectivity index (χ2v) is 14.8. The average molecular weight is 741 g/mol. The first kappa shape index (κ1) is 32.4.